The van der Waals surface area contributed by atoms with E-state index in [4.69, 9.17) is 18.9 Å². The van der Waals surface area contributed by atoms with Gasteiger partial charge in [0.2, 0.25) is 0 Å². The van der Waals surface area contributed by atoms with Crippen molar-refractivity contribution in [1.82, 2.24) is 0 Å². The Bertz CT molecular complexity index is 688. The fraction of sp³-hybridized carbons (Fsp3) is 0.455. The molecule has 0 aliphatic rings. The first kappa shape index (κ1) is 20.9. The van der Waals surface area contributed by atoms with Crippen LogP contribution in [-0.2, 0) is 0 Å². The molecule has 5 heteroatoms. The molecule has 0 aliphatic carbocycles. The first-order valence-electron chi connectivity index (χ1n) is 9.05. The quantitative estimate of drug-likeness (QED) is 0.716. The Morgan fingerprint density at radius 2 is 1.11 bits per heavy atom. The molecule has 148 valence electrons. The van der Waals surface area contributed by atoms with E-state index in [2.05, 4.69) is 13.8 Å². The van der Waals surface area contributed by atoms with Crippen molar-refractivity contribution in [3.63, 3.8) is 0 Å². The predicted molar refractivity (Wildman–Crippen MR) is 106 cm³/mol. The van der Waals surface area contributed by atoms with Gasteiger partial charge in [-0.1, -0.05) is 26.0 Å². The molecule has 0 saturated heterocycles. The van der Waals surface area contributed by atoms with Crippen LogP contribution in [0.1, 0.15) is 30.9 Å². The molecule has 0 saturated carbocycles. The maximum absolute atomic E-state index is 9.72. The monoisotopic (exact) mass is 374 g/mol. The third kappa shape index (κ3) is 4.48. The molecule has 2 rings (SSSR count). The van der Waals surface area contributed by atoms with Crippen molar-refractivity contribution in [1.29, 1.82) is 0 Å². The van der Waals surface area contributed by atoms with E-state index in [1.807, 2.05) is 36.4 Å². The molecule has 2 atom stereocenters. The summed E-state index contributed by atoms with van der Waals surface area (Å²) >= 11 is 0. The Labute approximate surface area is 161 Å². The minimum Gasteiger partial charge on any atom is -0.493 e. The molecule has 2 aromatic rings. The van der Waals surface area contributed by atoms with Crippen LogP contribution >= 0.6 is 0 Å². The molecular weight excluding hydrogens is 344 g/mol. The zero-order valence-electron chi connectivity index (χ0n) is 17.0. The minimum absolute atomic E-state index is 0.0479. The smallest absolute Gasteiger partial charge is 0.161 e. The summed E-state index contributed by atoms with van der Waals surface area (Å²) in [4.78, 5) is 0. The summed E-state index contributed by atoms with van der Waals surface area (Å²) in [7, 11) is 6.51. The topological polar surface area (TPSA) is 57.2 Å². The Morgan fingerprint density at radius 1 is 0.704 bits per heavy atom. The highest BCUT2D eigenvalue weighted by atomic mass is 16.5. The molecule has 2 aromatic carbocycles. The second-order valence-electron chi connectivity index (χ2n) is 6.73. The standard InChI is InChI=1S/C22H30O5/c1-14(13-23)15(2)22(16-7-9-18(24-3)20(11-16)26-5)17-8-10-19(25-4)21(12-17)27-6/h7-12,14-15,22-23H,13H2,1-6H3/t14-,15-/m1/s1. The number of methoxy groups -OCH3 is 4. The van der Waals surface area contributed by atoms with E-state index < -0.39 is 0 Å². The van der Waals surface area contributed by atoms with Gasteiger partial charge in [-0.05, 0) is 47.2 Å². The summed E-state index contributed by atoms with van der Waals surface area (Å²) in [6, 6.07) is 11.9. The summed E-state index contributed by atoms with van der Waals surface area (Å²) in [5.41, 5.74) is 2.18. The van der Waals surface area contributed by atoms with Crippen molar-refractivity contribution in [3.05, 3.63) is 47.5 Å². The van der Waals surface area contributed by atoms with Gasteiger partial charge in [0.1, 0.15) is 0 Å². The van der Waals surface area contributed by atoms with E-state index in [-0.39, 0.29) is 24.4 Å². The number of hydrogen-bond donors (Lipinski definition) is 1. The molecule has 1 N–H and O–H groups in total. The molecule has 0 radical (unpaired) electrons. The van der Waals surface area contributed by atoms with Crippen molar-refractivity contribution < 1.29 is 24.1 Å². The maximum atomic E-state index is 9.72. The van der Waals surface area contributed by atoms with Crippen molar-refractivity contribution in [2.75, 3.05) is 35.0 Å². The predicted octanol–water partition coefficient (Wildman–Crippen LogP) is 4.12. The van der Waals surface area contributed by atoms with E-state index in [0.717, 1.165) is 11.1 Å². The SMILES string of the molecule is COc1ccc(C(c2ccc(OC)c(OC)c2)[C@H](C)[C@H](C)CO)cc1OC. The zero-order chi connectivity index (χ0) is 20.0. The van der Waals surface area contributed by atoms with Gasteiger partial charge in [0.25, 0.3) is 0 Å². The number of ether oxygens (including phenoxy) is 4. The average Bonchev–Trinajstić information content (AvgIpc) is 2.72. The van der Waals surface area contributed by atoms with Gasteiger partial charge >= 0.3 is 0 Å². The minimum atomic E-state index is 0.0479. The van der Waals surface area contributed by atoms with E-state index in [1.54, 1.807) is 28.4 Å². The first-order valence-corrected chi connectivity index (χ1v) is 9.05. The highest BCUT2D eigenvalue weighted by Crippen LogP contribution is 2.42. The maximum Gasteiger partial charge on any atom is 0.161 e. The zero-order valence-corrected chi connectivity index (χ0v) is 17.0. The lowest BCUT2D eigenvalue weighted by atomic mass is 9.76. The molecule has 0 aromatic heterocycles. The van der Waals surface area contributed by atoms with Crippen LogP contribution in [0.5, 0.6) is 23.0 Å². The van der Waals surface area contributed by atoms with Gasteiger partial charge in [-0.15, -0.1) is 0 Å². The fourth-order valence-corrected chi connectivity index (χ4v) is 3.39. The van der Waals surface area contributed by atoms with Crippen molar-refractivity contribution in [2.24, 2.45) is 11.8 Å². The van der Waals surface area contributed by atoms with Crippen LogP contribution in [-0.4, -0.2) is 40.2 Å². The van der Waals surface area contributed by atoms with Crippen LogP contribution in [0.4, 0.5) is 0 Å². The summed E-state index contributed by atoms with van der Waals surface area (Å²) in [6.07, 6.45) is 0. The molecule has 0 fully saturated rings. The molecule has 0 bridgehead atoms. The number of hydrogen-bond acceptors (Lipinski definition) is 5. The van der Waals surface area contributed by atoms with E-state index in [1.165, 1.54) is 0 Å². The number of rotatable bonds is 9. The van der Waals surface area contributed by atoms with Gasteiger partial charge in [0.05, 0.1) is 28.4 Å². The van der Waals surface area contributed by atoms with Gasteiger partial charge in [-0.3, -0.25) is 0 Å². The Morgan fingerprint density at radius 3 is 1.44 bits per heavy atom. The fourth-order valence-electron chi connectivity index (χ4n) is 3.39. The molecule has 0 amide bonds. The lowest BCUT2D eigenvalue weighted by molar-refractivity contribution is 0.186. The molecule has 0 spiro atoms. The first-order chi connectivity index (χ1) is 13.0. The average molecular weight is 374 g/mol. The molecule has 0 heterocycles. The van der Waals surface area contributed by atoms with E-state index >= 15 is 0 Å². The van der Waals surface area contributed by atoms with Crippen LogP contribution < -0.4 is 18.9 Å². The Kier molecular flexibility index (Phi) is 7.36. The highest BCUT2D eigenvalue weighted by Gasteiger charge is 2.27. The molecule has 0 aliphatic heterocycles. The second-order valence-corrected chi connectivity index (χ2v) is 6.73. The second kappa shape index (κ2) is 9.51. The third-order valence-electron chi connectivity index (χ3n) is 5.24. The van der Waals surface area contributed by atoms with E-state index in [9.17, 15) is 5.11 Å². The third-order valence-corrected chi connectivity index (χ3v) is 5.24. The number of aliphatic hydroxyl groups excluding tert-OH is 1. The largest absolute Gasteiger partial charge is 0.493 e. The van der Waals surface area contributed by atoms with Crippen LogP contribution in [0, 0.1) is 11.8 Å². The van der Waals surface area contributed by atoms with Gasteiger partial charge < -0.3 is 24.1 Å². The molecule has 27 heavy (non-hydrogen) atoms. The van der Waals surface area contributed by atoms with Crippen LogP contribution in [0.15, 0.2) is 36.4 Å². The van der Waals surface area contributed by atoms with Crippen molar-refractivity contribution >= 4 is 0 Å². The molecular formula is C22H30O5. The number of aliphatic hydroxyl groups is 1. The van der Waals surface area contributed by atoms with Crippen molar-refractivity contribution in [2.45, 2.75) is 19.8 Å². The lowest BCUT2D eigenvalue weighted by Crippen LogP contribution is -2.21. The summed E-state index contributed by atoms with van der Waals surface area (Å²) in [5, 5.41) is 9.72. The van der Waals surface area contributed by atoms with E-state index in [0.29, 0.717) is 23.0 Å². The van der Waals surface area contributed by atoms with Gasteiger partial charge in [-0.2, -0.15) is 0 Å². The normalized spacial score (nSPS) is 13.2. The number of benzene rings is 2. The van der Waals surface area contributed by atoms with Crippen LogP contribution in [0.25, 0.3) is 0 Å². The Hall–Kier alpha value is -2.40. The molecule has 0 unspecified atom stereocenters. The summed E-state index contributed by atoms with van der Waals surface area (Å²) in [5.74, 6) is 3.10. The van der Waals surface area contributed by atoms with Crippen LogP contribution in [0.2, 0.25) is 0 Å². The van der Waals surface area contributed by atoms with Crippen molar-refractivity contribution in [3.8, 4) is 23.0 Å². The van der Waals surface area contributed by atoms with Gasteiger partial charge in [-0.25, -0.2) is 0 Å². The van der Waals surface area contributed by atoms with Gasteiger partial charge in [0.15, 0.2) is 23.0 Å². The van der Waals surface area contributed by atoms with Gasteiger partial charge in [0, 0.05) is 12.5 Å². The summed E-state index contributed by atoms with van der Waals surface area (Å²) in [6.45, 7) is 4.33. The van der Waals surface area contributed by atoms with Crippen LogP contribution in [0.3, 0.4) is 0 Å². The lowest BCUT2D eigenvalue weighted by Gasteiger charge is -2.30. The Balaban J connectivity index is 2.59. The summed E-state index contributed by atoms with van der Waals surface area (Å²) < 4.78 is 21.7. The highest BCUT2D eigenvalue weighted by molar-refractivity contribution is 5.49. The molecule has 5 nitrogen and oxygen atoms in total.